The van der Waals surface area contributed by atoms with Crippen molar-refractivity contribution < 1.29 is 9.53 Å². The summed E-state index contributed by atoms with van der Waals surface area (Å²) in [7, 11) is 1.67. The van der Waals surface area contributed by atoms with E-state index >= 15 is 0 Å². The topological polar surface area (TPSA) is 55.3 Å². The predicted octanol–water partition coefficient (Wildman–Crippen LogP) is 2.78. The van der Waals surface area contributed by atoms with Gasteiger partial charge in [0.05, 0.1) is 18.8 Å². The zero-order valence-electron chi connectivity index (χ0n) is 13.3. The molecule has 2 aromatic rings. The highest BCUT2D eigenvalue weighted by Gasteiger charge is 2.31. The van der Waals surface area contributed by atoms with Gasteiger partial charge in [0, 0.05) is 37.1 Å². The maximum absolute atomic E-state index is 12.6. The molecule has 0 N–H and O–H groups in total. The first kappa shape index (κ1) is 15.5. The van der Waals surface area contributed by atoms with Gasteiger partial charge < -0.3 is 9.64 Å². The normalized spacial score (nSPS) is 17.3. The molecule has 1 aliphatic rings. The van der Waals surface area contributed by atoms with Gasteiger partial charge in [0.15, 0.2) is 0 Å². The van der Waals surface area contributed by atoms with Crippen LogP contribution in [0.15, 0.2) is 42.9 Å². The fraction of sp³-hybridized carbons (Fsp3) is 0.389. The van der Waals surface area contributed by atoms with Crippen molar-refractivity contribution in [1.82, 2.24) is 14.9 Å². The van der Waals surface area contributed by atoms with Crippen LogP contribution in [0.5, 0.6) is 5.75 Å². The van der Waals surface area contributed by atoms with Crippen LogP contribution in [0.25, 0.3) is 0 Å². The van der Waals surface area contributed by atoms with Crippen molar-refractivity contribution in [2.24, 2.45) is 0 Å². The van der Waals surface area contributed by atoms with Gasteiger partial charge in [-0.05, 0) is 25.3 Å². The van der Waals surface area contributed by atoms with Crippen LogP contribution in [0.1, 0.15) is 36.6 Å². The molecule has 5 heteroatoms. The van der Waals surface area contributed by atoms with Gasteiger partial charge in [0.2, 0.25) is 5.91 Å². The number of methoxy groups -OCH3 is 1. The first-order chi connectivity index (χ1) is 11.3. The predicted molar refractivity (Wildman–Crippen MR) is 87.0 cm³/mol. The number of carbonyl (C=O) groups excluding carboxylic acids is 1. The van der Waals surface area contributed by atoms with E-state index in [0.29, 0.717) is 12.8 Å². The number of hydrogen-bond donors (Lipinski definition) is 0. The zero-order valence-corrected chi connectivity index (χ0v) is 13.3. The lowest BCUT2D eigenvalue weighted by Gasteiger charge is -2.26. The van der Waals surface area contributed by atoms with Crippen LogP contribution < -0.4 is 4.74 Å². The number of benzene rings is 1. The average Bonchev–Trinajstić information content (AvgIpc) is 3.10. The number of aryl methyl sites for hydroxylation is 1. The highest BCUT2D eigenvalue weighted by atomic mass is 16.5. The summed E-state index contributed by atoms with van der Waals surface area (Å²) in [5.74, 6) is 1.02. The van der Waals surface area contributed by atoms with Gasteiger partial charge >= 0.3 is 0 Å². The molecule has 0 radical (unpaired) electrons. The number of aromatic nitrogens is 2. The SMILES string of the molecule is COc1ccccc1[C@@H]1CCCN1C(=O)CCc1cnccn1. The molecule has 1 atom stereocenters. The number of likely N-dealkylation sites (tertiary alicyclic amines) is 1. The van der Waals surface area contributed by atoms with Crippen molar-refractivity contribution in [3.05, 3.63) is 54.1 Å². The second kappa shape index (κ2) is 7.22. The molecule has 2 heterocycles. The van der Waals surface area contributed by atoms with Gasteiger partial charge in [-0.25, -0.2) is 0 Å². The van der Waals surface area contributed by atoms with Crippen LogP contribution in [-0.4, -0.2) is 34.4 Å². The summed E-state index contributed by atoms with van der Waals surface area (Å²) < 4.78 is 5.46. The molecule has 0 saturated carbocycles. The number of hydrogen-bond acceptors (Lipinski definition) is 4. The highest BCUT2D eigenvalue weighted by molar-refractivity contribution is 5.77. The molecule has 1 aromatic carbocycles. The van der Waals surface area contributed by atoms with Gasteiger partial charge in [0.1, 0.15) is 5.75 Å². The smallest absolute Gasteiger partial charge is 0.223 e. The van der Waals surface area contributed by atoms with E-state index in [1.54, 1.807) is 25.7 Å². The summed E-state index contributed by atoms with van der Waals surface area (Å²) in [6.07, 6.45) is 8.12. The second-order valence-corrected chi connectivity index (χ2v) is 5.68. The monoisotopic (exact) mass is 311 g/mol. The number of carbonyl (C=O) groups is 1. The summed E-state index contributed by atoms with van der Waals surface area (Å²) in [5, 5.41) is 0. The molecule has 5 nitrogen and oxygen atoms in total. The van der Waals surface area contributed by atoms with Crippen LogP contribution in [-0.2, 0) is 11.2 Å². The van der Waals surface area contributed by atoms with Crippen molar-refractivity contribution in [3.63, 3.8) is 0 Å². The standard InChI is InChI=1S/C18H21N3O2/c1-23-17-7-3-2-5-15(17)16-6-4-12-21(16)18(22)9-8-14-13-19-10-11-20-14/h2-3,5,7,10-11,13,16H,4,6,8-9,12H2,1H3/t16-/m0/s1. The largest absolute Gasteiger partial charge is 0.496 e. The average molecular weight is 311 g/mol. The first-order valence-corrected chi connectivity index (χ1v) is 7.97. The lowest BCUT2D eigenvalue weighted by atomic mass is 10.0. The number of para-hydroxylation sites is 1. The van der Waals surface area contributed by atoms with E-state index in [1.165, 1.54) is 0 Å². The molecule has 0 aliphatic carbocycles. The lowest BCUT2D eigenvalue weighted by Crippen LogP contribution is -2.31. The Labute approximate surface area is 136 Å². The summed E-state index contributed by atoms with van der Waals surface area (Å²) in [6.45, 7) is 0.808. The molecular formula is C18H21N3O2. The molecule has 1 saturated heterocycles. The van der Waals surface area contributed by atoms with Crippen LogP contribution in [0.4, 0.5) is 0 Å². The Morgan fingerprint density at radius 1 is 1.35 bits per heavy atom. The quantitative estimate of drug-likeness (QED) is 0.852. The van der Waals surface area contributed by atoms with Crippen molar-refractivity contribution in [2.45, 2.75) is 31.7 Å². The fourth-order valence-corrected chi connectivity index (χ4v) is 3.17. The van der Waals surface area contributed by atoms with Gasteiger partial charge in [-0.3, -0.25) is 14.8 Å². The van der Waals surface area contributed by atoms with E-state index in [1.807, 2.05) is 23.1 Å². The minimum absolute atomic E-state index is 0.112. The summed E-state index contributed by atoms with van der Waals surface area (Å²) in [5.41, 5.74) is 1.95. The van der Waals surface area contributed by atoms with Crippen LogP contribution in [0, 0.1) is 0 Å². The van der Waals surface area contributed by atoms with E-state index in [2.05, 4.69) is 16.0 Å². The van der Waals surface area contributed by atoms with E-state index < -0.39 is 0 Å². The maximum Gasteiger partial charge on any atom is 0.223 e. The lowest BCUT2D eigenvalue weighted by molar-refractivity contribution is -0.132. The Hall–Kier alpha value is -2.43. The van der Waals surface area contributed by atoms with Crippen LogP contribution in [0.2, 0.25) is 0 Å². The molecule has 1 fully saturated rings. The number of ether oxygens (including phenoxy) is 1. The number of amides is 1. The van der Waals surface area contributed by atoms with Crippen molar-refractivity contribution in [2.75, 3.05) is 13.7 Å². The molecule has 1 aliphatic heterocycles. The maximum atomic E-state index is 12.6. The Morgan fingerprint density at radius 2 is 2.22 bits per heavy atom. The molecule has 23 heavy (non-hydrogen) atoms. The molecule has 0 unspecified atom stereocenters. The Morgan fingerprint density at radius 3 is 3.00 bits per heavy atom. The zero-order chi connectivity index (χ0) is 16.1. The third-order valence-corrected chi connectivity index (χ3v) is 4.28. The van der Waals surface area contributed by atoms with E-state index in [-0.39, 0.29) is 11.9 Å². The van der Waals surface area contributed by atoms with Crippen molar-refractivity contribution >= 4 is 5.91 Å². The van der Waals surface area contributed by atoms with Gasteiger partial charge in [-0.1, -0.05) is 18.2 Å². The Balaban J connectivity index is 1.70. The summed E-state index contributed by atoms with van der Waals surface area (Å²) >= 11 is 0. The summed E-state index contributed by atoms with van der Waals surface area (Å²) in [6, 6.07) is 8.07. The molecule has 0 spiro atoms. The summed E-state index contributed by atoms with van der Waals surface area (Å²) in [4.78, 5) is 22.9. The Bertz CT molecular complexity index is 660. The first-order valence-electron chi connectivity index (χ1n) is 7.97. The number of rotatable bonds is 5. The third kappa shape index (κ3) is 3.50. The van der Waals surface area contributed by atoms with E-state index in [4.69, 9.17) is 4.74 Å². The van der Waals surface area contributed by atoms with Gasteiger partial charge in [0.25, 0.3) is 0 Å². The van der Waals surface area contributed by atoms with Crippen LogP contribution >= 0.6 is 0 Å². The molecular weight excluding hydrogens is 290 g/mol. The van der Waals surface area contributed by atoms with Crippen molar-refractivity contribution in [3.8, 4) is 5.75 Å². The minimum atomic E-state index is 0.112. The number of nitrogens with zero attached hydrogens (tertiary/aromatic N) is 3. The fourth-order valence-electron chi connectivity index (χ4n) is 3.17. The third-order valence-electron chi connectivity index (χ3n) is 4.28. The van der Waals surface area contributed by atoms with E-state index in [9.17, 15) is 4.79 Å². The minimum Gasteiger partial charge on any atom is -0.496 e. The Kier molecular flexibility index (Phi) is 4.86. The molecule has 1 aromatic heterocycles. The highest BCUT2D eigenvalue weighted by Crippen LogP contribution is 2.37. The second-order valence-electron chi connectivity index (χ2n) is 5.68. The molecule has 0 bridgehead atoms. The van der Waals surface area contributed by atoms with Crippen LogP contribution in [0.3, 0.4) is 0 Å². The van der Waals surface area contributed by atoms with E-state index in [0.717, 1.165) is 36.4 Å². The molecule has 3 rings (SSSR count). The molecule has 1 amide bonds. The van der Waals surface area contributed by atoms with Crippen molar-refractivity contribution in [1.29, 1.82) is 0 Å². The van der Waals surface area contributed by atoms with Gasteiger partial charge in [-0.2, -0.15) is 0 Å². The molecule has 120 valence electrons. The van der Waals surface area contributed by atoms with Gasteiger partial charge in [-0.15, -0.1) is 0 Å².